The molecule has 0 spiro atoms. The van der Waals surface area contributed by atoms with E-state index in [0.29, 0.717) is 5.92 Å². The molecule has 1 aliphatic rings. The number of rotatable bonds is 6. The third-order valence-electron chi connectivity index (χ3n) is 4.39. The van der Waals surface area contributed by atoms with Gasteiger partial charge in [-0.15, -0.1) is 0 Å². The summed E-state index contributed by atoms with van der Waals surface area (Å²) in [6.45, 7) is 5.24. The maximum Gasteiger partial charge on any atom is 0.0538 e. The molecule has 5 heteroatoms. The molecule has 0 aromatic carbocycles. The van der Waals surface area contributed by atoms with Crippen molar-refractivity contribution in [2.45, 2.75) is 38.3 Å². The average molecular weight is 280 g/mol. The first-order valence-electron chi connectivity index (χ1n) is 7.62. The molecule has 1 aliphatic heterocycles. The lowest BCUT2D eigenvalue weighted by Gasteiger charge is -2.39. The standard InChI is InChI=1S/C15H28N4O/c1-4-14(16)15(13-9-17-18(2)10-13)19-7-5-12(6-8-19)11-20-3/h9-10,12,14-15H,4-8,11,16H2,1-3H3. The van der Waals surface area contributed by atoms with E-state index in [1.165, 1.54) is 18.4 Å². The number of aromatic nitrogens is 2. The Bertz CT molecular complexity index is 398. The van der Waals surface area contributed by atoms with Crippen LogP contribution in [0, 0.1) is 5.92 Å². The maximum absolute atomic E-state index is 6.38. The van der Waals surface area contributed by atoms with E-state index in [0.717, 1.165) is 26.1 Å². The molecule has 1 saturated heterocycles. The summed E-state index contributed by atoms with van der Waals surface area (Å²) in [4.78, 5) is 2.53. The highest BCUT2D eigenvalue weighted by molar-refractivity contribution is 5.13. The molecule has 2 unspecified atom stereocenters. The van der Waals surface area contributed by atoms with Gasteiger partial charge in [0.1, 0.15) is 0 Å². The van der Waals surface area contributed by atoms with Gasteiger partial charge in [0.2, 0.25) is 0 Å². The molecule has 20 heavy (non-hydrogen) atoms. The van der Waals surface area contributed by atoms with Gasteiger partial charge in [0.15, 0.2) is 0 Å². The van der Waals surface area contributed by atoms with E-state index in [2.05, 4.69) is 23.1 Å². The highest BCUT2D eigenvalue weighted by Crippen LogP contribution is 2.29. The predicted octanol–water partition coefficient (Wildman–Crippen LogP) is 1.56. The van der Waals surface area contributed by atoms with Crippen molar-refractivity contribution in [1.29, 1.82) is 0 Å². The highest BCUT2D eigenvalue weighted by Gasteiger charge is 2.30. The molecule has 2 N–H and O–H groups in total. The second-order valence-corrected chi connectivity index (χ2v) is 5.90. The lowest BCUT2D eigenvalue weighted by Crippen LogP contribution is -2.45. The zero-order chi connectivity index (χ0) is 14.5. The molecule has 5 nitrogen and oxygen atoms in total. The van der Waals surface area contributed by atoms with Crippen molar-refractivity contribution in [1.82, 2.24) is 14.7 Å². The molecule has 114 valence electrons. The van der Waals surface area contributed by atoms with Crippen LogP contribution in [0.2, 0.25) is 0 Å². The largest absolute Gasteiger partial charge is 0.384 e. The van der Waals surface area contributed by atoms with E-state index in [-0.39, 0.29) is 12.1 Å². The van der Waals surface area contributed by atoms with Crippen molar-refractivity contribution in [3.05, 3.63) is 18.0 Å². The van der Waals surface area contributed by atoms with Crippen LogP contribution in [0.3, 0.4) is 0 Å². The first-order valence-corrected chi connectivity index (χ1v) is 7.62. The zero-order valence-electron chi connectivity index (χ0n) is 13.0. The molecular weight excluding hydrogens is 252 g/mol. The van der Waals surface area contributed by atoms with Crippen LogP contribution in [0.4, 0.5) is 0 Å². The summed E-state index contributed by atoms with van der Waals surface area (Å²) in [6, 6.07) is 0.454. The topological polar surface area (TPSA) is 56.3 Å². The molecule has 2 heterocycles. The van der Waals surface area contributed by atoms with Gasteiger partial charge in [0.25, 0.3) is 0 Å². The third kappa shape index (κ3) is 3.59. The Morgan fingerprint density at radius 1 is 1.45 bits per heavy atom. The normalized spacial score (nSPS) is 21.0. The van der Waals surface area contributed by atoms with Gasteiger partial charge in [0, 0.05) is 38.6 Å². The summed E-state index contributed by atoms with van der Waals surface area (Å²) in [5.41, 5.74) is 7.62. The summed E-state index contributed by atoms with van der Waals surface area (Å²) in [5, 5.41) is 4.31. The van der Waals surface area contributed by atoms with Crippen molar-refractivity contribution >= 4 is 0 Å². The Morgan fingerprint density at radius 2 is 2.15 bits per heavy atom. The van der Waals surface area contributed by atoms with Crippen molar-refractivity contribution in [2.75, 3.05) is 26.8 Å². The number of nitrogens with two attached hydrogens (primary N) is 1. The number of piperidine rings is 1. The van der Waals surface area contributed by atoms with Gasteiger partial charge in [-0.05, 0) is 38.3 Å². The molecule has 1 aromatic rings. The fourth-order valence-electron chi connectivity index (χ4n) is 3.18. The first-order chi connectivity index (χ1) is 9.65. The molecule has 0 amide bonds. The molecule has 0 bridgehead atoms. The predicted molar refractivity (Wildman–Crippen MR) is 80.4 cm³/mol. The maximum atomic E-state index is 6.38. The van der Waals surface area contributed by atoms with Crippen LogP contribution >= 0.6 is 0 Å². The van der Waals surface area contributed by atoms with Gasteiger partial charge >= 0.3 is 0 Å². The Labute approximate surface area is 122 Å². The van der Waals surface area contributed by atoms with Gasteiger partial charge in [0.05, 0.1) is 12.2 Å². The van der Waals surface area contributed by atoms with Gasteiger partial charge < -0.3 is 10.5 Å². The van der Waals surface area contributed by atoms with Crippen LogP contribution in [0.15, 0.2) is 12.4 Å². The van der Waals surface area contributed by atoms with E-state index in [1.807, 2.05) is 17.9 Å². The first kappa shape index (κ1) is 15.5. The Hall–Kier alpha value is -0.910. The van der Waals surface area contributed by atoms with Crippen LogP contribution in [0.5, 0.6) is 0 Å². The van der Waals surface area contributed by atoms with Crippen molar-refractivity contribution in [3.63, 3.8) is 0 Å². The minimum absolute atomic E-state index is 0.165. The smallest absolute Gasteiger partial charge is 0.0538 e. The molecule has 1 fully saturated rings. The van der Waals surface area contributed by atoms with Crippen molar-refractivity contribution in [2.24, 2.45) is 18.7 Å². The number of aryl methyl sites for hydroxylation is 1. The van der Waals surface area contributed by atoms with Gasteiger partial charge in [-0.3, -0.25) is 9.58 Å². The fourth-order valence-corrected chi connectivity index (χ4v) is 3.18. The molecule has 1 aromatic heterocycles. The summed E-state index contributed by atoms with van der Waals surface area (Å²) in [7, 11) is 3.75. The highest BCUT2D eigenvalue weighted by atomic mass is 16.5. The van der Waals surface area contributed by atoms with Gasteiger partial charge in [-0.2, -0.15) is 5.10 Å². The summed E-state index contributed by atoms with van der Waals surface area (Å²) >= 11 is 0. The summed E-state index contributed by atoms with van der Waals surface area (Å²) < 4.78 is 7.14. The lowest BCUT2D eigenvalue weighted by atomic mass is 9.92. The number of methoxy groups -OCH3 is 1. The molecular formula is C15H28N4O. The van der Waals surface area contributed by atoms with Crippen LogP contribution in [0.25, 0.3) is 0 Å². The molecule has 2 rings (SSSR count). The molecule has 0 aliphatic carbocycles. The van der Waals surface area contributed by atoms with Gasteiger partial charge in [-0.25, -0.2) is 0 Å². The monoisotopic (exact) mass is 280 g/mol. The Morgan fingerprint density at radius 3 is 2.65 bits per heavy atom. The van der Waals surface area contributed by atoms with Crippen LogP contribution < -0.4 is 5.73 Å². The number of ether oxygens (including phenoxy) is 1. The zero-order valence-corrected chi connectivity index (χ0v) is 13.0. The number of hydrogen-bond acceptors (Lipinski definition) is 4. The molecule has 0 radical (unpaired) electrons. The minimum atomic E-state index is 0.165. The van der Waals surface area contributed by atoms with Crippen LogP contribution in [-0.4, -0.2) is 47.5 Å². The van der Waals surface area contributed by atoms with Crippen LogP contribution in [-0.2, 0) is 11.8 Å². The number of nitrogens with zero attached hydrogens (tertiary/aromatic N) is 3. The third-order valence-corrected chi connectivity index (χ3v) is 4.39. The second kappa shape index (κ2) is 7.20. The average Bonchev–Trinajstić information content (AvgIpc) is 2.87. The van der Waals surface area contributed by atoms with E-state index in [1.54, 1.807) is 7.11 Å². The number of likely N-dealkylation sites (tertiary alicyclic amines) is 1. The van der Waals surface area contributed by atoms with E-state index in [4.69, 9.17) is 10.5 Å². The quantitative estimate of drug-likeness (QED) is 0.859. The van der Waals surface area contributed by atoms with Crippen LogP contribution in [0.1, 0.15) is 37.8 Å². The van der Waals surface area contributed by atoms with Crippen molar-refractivity contribution < 1.29 is 4.74 Å². The fraction of sp³-hybridized carbons (Fsp3) is 0.800. The SMILES string of the molecule is CCC(N)C(c1cnn(C)c1)N1CCC(COC)CC1. The van der Waals surface area contributed by atoms with Crippen molar-refractivity contribution in [3.8, 4) is 0 Å². The molecule has 0 saturated carbocycles. The Kier molecular flexibility index (Phi) is 5.57. The Balaban J connectivity index is 2.05. The van der Waals surface area contributed by atoms with E-state index >= 15 is 0 Å². The minimum Gasteiger partial charge on any atom is -0.384 e. The van der Waals surface area contributed by atoms with Gasteiger partial charge in [-0.1, -0.05) is 6.92 Å². The summed E-state index contributed by atoms with van der Waals surface area (Å²) in [6.07, 6.45) is 7.43. The summed E-state index contributed by atoms with van der Waals surface area (Å²) in [5.74, 6) is 0.698. The van der Waals surface area contributed by atoms with E-state index in [9.17, 15) is 0 Å². The molecule has 2 atom stereocenters. The second-order valence-electron chi connectivity index (χ2n) is 5.90. The number of hydrogen-bond donors (Lipinski definition) is 1. The van der Waals surface area contributed by atoms with E-state index < -0.39 is 0 Å². The lowest BCUT2D eigenvalue weighted by molar-refractivity contribution is 0.0714.